The van der Waals surface area contributed by atoms with Gasteiger partial charge in [-0.3, -0.25) is 4.79 Å². The number of aryl methyl sites for hydroxylation is 1. The predicted molar refractivity (Wildman–Crippen MR) is 78.7 cm³/mol. The van der Waals surface area contributed by atoms with Crippen molar-refractivity contribution in [3.8, 4) is 0 Å². The third-order valence-corrected chi connectivity index (χ3v) is 3.06. The van der Waals surface area contributed by atoms with E-state index < -0.39 is 12.0 Å². The number of carbonyl (C=O) groups excluding carboxylic acids is 1. The number of carbonyl (C=O) groups is 2. The SMILES string of the molecule is Cc1ccccc1NCCC(=O)N[C@@H](C(=O)O)C(C)C. The third kappa shape index (κ3) is 4.91. The average Bonchev–Trinajstić information content (AvgIpc) is 2.37. The zero-order valence-electron chi connectivity index (χ0n) is 12.1. The number of hydrogen-bond donors (Lipinski definition) is 3. The minimum absolute atomic E-state index is 0.138. The number of carboxylic acids is 1. The summed E-state index contributed by atoms with van der Waals surface area (Å²) in [6, 6.07) is 6.98. The third-order valence-electron chi connectivity index (χ3n) is 3.06. The maximum Gasteiger partial charge on any atom is 0.326 e. The van der Waals surface area contributed by atoms with Crippen LogP contribution in [0.3, 0.4) is 0 Å². The Hall–Kier alpha value is -2.04. The quantitative estimate of drug-likeness (QED) is 0.713. The topological polar surface area (TPSA) is 78.4 Å². The highest BCUT2D eigenvalue weighted by atomic mass is 16.4. The Kier molecular flexibility index (Phi) is 6.03. The second-order valence-corrected chi connectivity index (χ2v) is 5.12. The van der Waals surface area contributed by atoms with E-state index in [0.29, 0.717) is 6.54 Å². The molecule has 0 fully saturated rings. The predicted octanol–water partition coefficient (Wildman–Crippen LogP) is 2.02. The molecule has 0 radical (unpaired) electrons. The molecule has 5 nitrogen and oxygen atoms in total. The Bertz CT molecular complexity index is 472. The molecule has 0 saturated heterocycles. The number of anilines is 1. The van der Waals surface area contributed by atoms with Gasteiger partial charge in [-0.05, 0) is 24.5 Å². The lowest BCUT2D eigenvalue weighted by atomic mass is 10.0. The van der Waals surface area contributed by atoms with Gasteiger partial charge in [0.2, 0.25) is 5.91 Å². The maximum absolute atomic E-state index is 11.7. The van der Waals surface area contributed by atoms with E-state index in [1.807, 2.05) is 31.2 Å². The first-order valence-corrected chi connectivity index (χ1v) is 6.73. The number of nitrogens with one attached hydrogen (secondary N) is 2. The zero-order chi connectivity index (χ0) is 15.1. The number of amides is 1. The van der Waals surface area contributed by atoms with Crippen molar-refractivity contribution in [1.29, 1.82) is 0 Å². The molecule has 0 spiro atoms. The lowest BCUT2D eigenvalue weighted by molar-refractivity contribution is -0.143. The van der Waals surface area contributed by atoms with Gasteiger partial charge in [-0.15, -0.1) is 0 Å². The average molecular weight is 278 g/mol. The Morgan fingerprint density at radius 3 is 2.45 bits per heavy atom. The van der Waals surface area contributed by atoms with Crippen LogP contribution >= 0.6 is 0 Å². The van der Waals surface area contributed by atoms with E-state index >= 15 is 0 Å². The molecule has 0 bridgehead atoms. The first kappa shape index (κ1) is 16.0. The summed E-state index contributed by atoms with van der Waals surface area (Å²) in [4.78, 5) is 22.7. The number of benzene rings is 1. The molecule has 1 amide bonds. The second kappa shape index (κ2) is 7.53. The zero-order valence-corrected chi connectivity index (χ0v) is 12.1. The molecule has 110 valence electrons. The van der Waals surface area contributed by atoms with E-state index in [2.05, 4.69) is 10.6 Å². The number of carboxylic acid groups (broad SMARTS) is 1. The van der Waals surface area contributed by atoms with E-state index in [9.17, 15) is 9.59 Å². The van der Waals surface area contributed by atoms with E-state index in [0.717, 1.165) is 11.3 Å². The van der Waals surface area contributed by atoms with Crippen molar-refractivity contribution in [1.82, 2.24) is 5.32 Å². The molecule has 1 atom stereocenters. The molecule has 0 aliphatic rings. The fourth-order valence-corrected chi connectivity index (χ4v) is 1.84. The fraction of sp³-hybridized carbons (Fsp3) is 0.467. The number of para-hydroxylation sites is 1. The standard InChI is InChI=1S/C15H22N2O3/c1-10(2)14(15(19)20)17-13(18)8-9-16-12-7-5-4-6-11(12)3/h4-7,10,14,16H,8-9H2,1-3H3,(H,17,18)(H,19,20)/t14-/m1/s1. The lowest BCUT2D eigenvalue weighted by Gasteiger charge is -2.18. The summed E-state index contributed by atoms with van der Waals surface area (Å²) in [5.74, 6) is -1.40. The molecular formula is C15H22N2O3. The van der Waals surface area contributed by atoms with Gasteiger partial charge in [0.1, 0.15) is 6.04 Å². The normalized spacial score (nSPS) is 12.0. The minimum Gasteiger partial charge on any atom is -0.480 e. The van der Waals surface area contributed by atoms with Crippen molar-refractivity contribution in [3.63, 3.8) is 0 Å². The molecule has 0 unspecified atom stereocenters. The van der Waals surface area contributed by atoms with Gasteiger partial charge in [-0.1, -0.05) is 32.0 Å². The molecule has 20 heavy (non-hydrogen) atoms. The molecule has 0 heterocycles. The van der Waals surface area contributed by atoms with E-state index in [1.54, 1.807) is 13.8 Å². The van der Waals surface area contributed by atoms with E-state index in [-0.39, 0.29) is 18.2 Å². The molecule has 1 aromatic carbocycles. The van der Waals surface area contributed by atoms with Crippen LogP contribution in [0.5, 0.6) is 0 Å². The molecule has 0 aliphatic heterocycles. The van der Waals surface area contributed by atoms with Gasteiger partial charge in [0.25, 0.3) is 0 Å². The van der Waals surface area contributed by atoms with Gasteiger partial charge < -0.3 is 15.7 Å². The van der Waals surface area contributed by atoms with Gasteiger partial charge >= 0.3 is 5.97 Å². The summed E-state index contributed by atoms with van der Waals surface area (Å²) in [7, 11) is 0. The molecule has 0 saturated carbocycles. The summed E-state index contributed by atoms with van der Waals surface area (Å²) in [6.07, 6.45) is 0.241. The number of rotatable bonds is 7. The van der Waals surface area contributed by atoms with Crippen LogP contribution in [0.2, 0.25) is 0 Å². The van der Waals surface area contributed by atoms with Crippen molar-refractivity contribution in [2.24, 2.45) is 5.92 Å². The summed E-state index contributed by atoms with van der Waals surface area (Å²) in [5.41, 5.74) is 2.09. The van der Waals surface area contributed by atoms with E-state index in [1.165, 1.54) is 0 Å². The first-order valence-electron chi connectivity index (χ1n) is 6.73. The molecule has 0 aromatic heterocycles. The van der Waals surface area contributed by atoms with Crippen molar-refractivity contribution < 1.29 is 14.7 Å². The Morgan fingerprint density at radius 2 is 1.90 bits per heavy atom. The monoisotopic (exact) mass is 278 g/mol. The van der Waals surface area contributed by atoms with Crippen LogP contribution in [-0.4, -0.2) is 29.6 Å². The first-order chi connectivity index (χ1) is 9.41. The summed E-state index contributed by atoms with van der Waals surface area (Å²) in [6.45, 7) is 6.00. The van der Waals surface area contributed by atoms with Gasteiger partial charge in [-0.2, -0.15) is 0 Å². The summed E-state index contributed by atoms with van der Waals surface area (Å²) < 4.78 is 0. The van der Waals surface area contributed by atoms with Crippen LogP contribution in [-0.2, 0) is 9.59 Å². The van der Waals surface area contributed by atoms with Gasteiger partial charge in [0.05, 0.1) is 0 Å². The highest BCUT2D eigenvalue weighted by molar-refractivity contribution is 5.83. The summed E-state index contributed by atoms with van der Waals surface area (Å²) >= 11 is 0. The molecule has 5 heteroatoms. The summed E-state index contributed by atoms with van der Waals surface area (Å²) in [5, 5.41) is 14.7. The Balaban J connectivity index is 2.40. The smallest absolute Gasteiger partial charge is 0.326 e. The molecule has 1 aromatic rings. The van der Waals surface area contributed by atoms with Crippen molar-refractivity contribution >= 4 is 17.6 Å². The molecule has 3 N–H and O–H groups in total. The van der Waals surface area contributed by atoms with Crippen molar-refractivity contribution in [2.45, 2.75) is 33.2 Å². The molecule has 0 aliphatic carbocycles. The van der Waals surface area contributed by atoms with Crippen LogP contribution in [0, 0.1) is 12.8 Å². The maximum atomic E-state index is 11.7. The van der Waals surface area contributed by atoms with Gasteiger partial charge in [-0.25, -0.2) is 4.79 Å². The van der Waals surface area contributed by atoms with Gasteiger partial charge in [0.15, 0.2) is 0 Å². The van der Waals surface area contributed by atoms with E-state index in [4.69, 9.17) is 5.11 Å². The van der Waals surface area contributed by atoms with Crippen LogP contribution in [0.4, 0.5) is 5.69 Å². The van der Waals surface area contributed by atoms with Crippen LogP contribution in [0.1, 0.15) is 25.8 Å². The Labute approximate surface area is 119 Å². The highest BCUT2D eigenvalue weighted by Gasteiger charge is 2.22. The number of hydrogen-bond acceptors (Lipinski definition) is 3. The largest absolute Gasteiger partial charge is 0.480 e. The van der Waals surface area contributed by atoms with Crippen LogP contribution in [0.15, 0.2) is 24.3 Å². The minimum atomic E-state index is -1.000. The highest BCUT2D eigenvalue weighted by Crippen LogP contribution is 2.12. The van der Waals surface area contributed by atoms with Crippen molar-refractivity contribution in [2.75, 3.05) is 11.9 Å². The number of aliphatic carboxylic acids is 1. The van der Waals surface area contributed by atoms with Crippen molar-refractivity contribution in [3.05, 3.63) is 29.8 Å². The lowest BCUT2D eigenvalue weighted by Crippen LogP contribution is -2.44. The Morgan fingerprint density at radius 1 is 1.25 bits per heavy atom. The van der Waals surface area contributed by atoms with Crippen LogP contribution in [0.25, 0.3) is 0 Å². The fourth-order valence-electron chi connectivity index (χ4n) is 1.84. The van der Waals surface area contributed by atoms with Crippen LogP contribution < -0.4 is 10.6 Å². The molecular weight excluding hydrogens is 256 g/mol. The molecule has 1 rings (SSSR count). The van der Waals surface area contributed by atoms with Gasteiger partial charge in [0, 0.05) is 18.7 Å². The second-order valence-electron chi connectivity index (χ2n) is 5.12.